The topological polar surface area (TPSA) is 66.8 Å². The van der Waals surface area contributed by atoms with Crippen molar-refractivity contribution < 1.29 is 19.7 Å². The molecule has 0 aliphatic heterocycles. The largest absolute Gasteiger partial charge is 0.481 e. The predicted octanol–water partition coefficient (Wildman–Crippen LogP) is 3.84. The SMILES string of the molecule is O=C(O)[C@@H](O)Cc1ccc(OC(c2ccccc2)c2ccccc2)cc1. The summed E-state index contributed by atoms with van der Waals surface area (Å²) in [5.74, 6) is -0.546. The second-order valence-electron chi connectivity index (χ2n) is 6.02. The maximum absolute atomic E-state index is 10.8. The monoisotopic (exact) mass is 348 g/mol. The summed E-state index contributed by atoms with van der Waals surface area (Å²) in [5, 5.41) is 18.3. The van der Waals surface area contributed by atoms with Crippen LogP contribution in [0, 0.1) is 0 Å². The molecule has 3 aromatic rings. The Kier molecular flexibility index (Phi) is 5.66. The summed E-state index contributed by atoms with van der Waals surface area (Å²) in [7, 11) is 0. The third-order valence-electron chi connectivity index (χ3n) is 4.10. The summed E-state index contributed by atoms with van der Waals surface area (Å²) in [4.78, 5) is 10.8. The van der Waals surface area contributed by atoms with Gasteiger partial charge in [0, 0.05) is 6.42 Å². The van der Waals surface area contributed by atoms with Gasteiger partial charge in [-0.1, -0.05) is 72.8 Å². The van der Waals surface area contributed by atoms with E-state index in [9.17, 15) is 9.90 Å². The molecule has 132 valence electrons. The van der Waals surface area contributed by atoms with Crippen LogP contribution in [0.5, 0.6) is 5.75 Å². The first-order valence-corrected chi connectivity index (χ1v) is 8.40. The van der Waals surface area contributed by atoms with Crippen molar-refractivity contribution in [2.24, 2.45) is 0 Å². The third-order valence-corrected chi connectivity index (χ3v) is 4.10. The van der Waals surface area contributed by atoms with E-state index in [0.717, 1.165) is 16.7 Å². The van der Waals surface area contributed by atoms with Gasteiger partial charge in [-0.3, -0.25) is 0 Å². The van der Waals surface area contributed by atoms with Crippen molar-refractivity contribution in [2.75, 3.05) is 0 Å². The fourth-order valence-corrected chi connectivity index (χ4v) is 2.73. The maximum Gasteiger partial charge on any atom is 0.332 e. The van der Waals surface area contributed by atoms with Crippen LogP contribution < -0.4 is 4.74 Å². The first kappa shape index (κ1) is 17.7. The minimum Gasteiger partial charge on any atom is -0.481 e. The van der Waals surface area contributed by atoms with Gasteiger partial charge >= 0.3 is 5.97 Å². The second-order valence-corrected chi connectivity index (χ2v) is 6.02. The molecule has 0 radical (unpaired) electrons. The number of carboxylic acids is 1. The lowest BCUT2D eigenvalue weighted by Gasteiger charge is -2.20. The highest BCUT2D eigenvalue weighted by molar-refractivity contribution is 5.72. The number of aliphatic hydroxyl groups is 1. The molecular weight excluding hydrogens is 328 g/mol. The summed E-state index contributed by atoms with van der Waals surface area (Å²) < 4.78 is 6.22. The average Bonchev–Trinajstić information content (AvgIpc) is 2.68. The first-order chi connectivity index (χ1) is 12.6. The van der Waals surface area contributed by atoms with Gasteiger partial charge in [0.05, 0.1) is 0 Å². The van der Waals surface area contributed by atoms with Crippen LogP contribution in [0.4, 0.5) is 0 Å². The molecule has 0 unspecified atom stereocenters. The van der Waals surface area contributed by atoms with Crippen LogP contribution in [-0.2, 0) is 11.2 Å². The van der Waals surface area contributed by atoms with E-state index in [2.05, 4.69) is 0 Å². The van der Waals surface area contributed by atoms with Gasteiger partial charge in [-0.05, 0) is 28.8 Å². The minimum atomic E-state index is -1.40. The van der Waals surface area contributed by atoms with Crippen LogP contribution in [0.3, 0.4) is 0 Å². The quantitative estimate of drug-likeness (QED) is 0.681. The van der Waals surface area contributed by atoms with Gasteiger partial charge in [-0.15, -0.1) is 0 Å². The Hall–Kier alpha value is -3.11. The summed E-state index contributed by atoms with van der Waals surface area (Å²) in [5.41, 5.74) is 2.83. The maximum atomic E-state index is 10.8. The number of benzene rings is 3. The molecule has 4 nitrogen and oxygen atoms in total. The lowest BCUT2D eigenvalue weighted by molar-refractivity contribution is -0.146. The van der Waals surface area contributed by atoms with Crippen molar-refractivity contribution in [3.8, 4) is 5.75 Å². The highest BCUT2D eigenvalue weighted by Crippen LogP contribution is 2.28. The van der Waals surface area contributed by atoms with E-state index in [1.165, 1.54) is 0 Å². The van der Waals surface area contributed by atoms with Crippen molar-refractivity contribution >= 4 is 5.97 Å². The molecule has 3 rings (SSSR count). The summed E-state index contributed by atoms with van der Waals surface area (Å²) in [6.45, 7) is 0. The molecular formula is C22H20O4. The lowest BCUT2D eigenvalue weighted by atomic mass is 10.0. The van der Waals surface area contributed by atoms with E-state index in [-0.39, 0.29) is 12.5 Å². The van der Waals surface area contributed by atoms with Crippen LogP contribution in [0.1, 0.15) is 22.8 Å². The van der Waals surface area contributed by atoms with Crippen molar-refractivity contribution in [3.05, 3.63) is 102 Å². The Morgan fingerprint density at radius 3 is 1.77 bits per heavy atom. The zero-order valence-corrected chi connectivity index (χ0v) is 14.2. The Bertz CT molecular complexity index is 790. The number of carbonyl (C=O) groups is 1. The Balaban J connectivity index is 1.80. The third kappa shape index (κ3) is 4.49. The molecule has 3 aromatic carbocycles. The van der Waals surface area contributed by atoms with Gasteiger partial charge in [0.25, 0.3) is 0 Å². The van der Waals surface area contributed by atoms with Gasteiger partial charge in [-0.25, -0.2) is 4.79 Å². The van der Waals surface area contributed by atoms with Crippen LogP contribution in [0.15, 0.2) is 84.9 Å². The molecule has 4 heteroatoms. The molecule has 2 N–H and O–H groups in total. The van der Waals surface area contributed by atoms with E-state index in [0.29, 0.717) is 5.75 Å². The van der Waals surface area contributed by atoms with Gasteiger partial charge in [-0.2, -0.15) is 0 Å². The molecule has 0 fully saturated rings. The molecule has 0 aliphatic carbocycles. The highest BCUT2D eigenvalue weighted by Gasteiger charge is 2.17. The molecule has 0 saturated heterocycles. The Morgan fingerprint density at radius 1 is 0.808 bits per heavy atom. The normalized spacial score (nSPS) is 11.9. The molecule has 26 heavy (non-hydrogen) atoms. The number of aliphatic hydroxyl groups excluding tert-OH is 1. The van der Waals surface area contributed by atoms with Crippen molar-refractivity contribution in [2.45, 2.75) is 18.6 Å². The van der Waals surface area contributed by atoms with E-state index in [1.54, 1.807) is 24.3 Å². The molecule has 0 saturated carbocycles. The molecule has 0 heterocycles. The van der Waals surface area contributed by atoms with Crippen LogP contribution >= 0.6 is 0 Å². The standard InChI is InChI=1S/C22H20O4/c23-20(22(24)25)15-16-11-13-19(14-12-16)26-21(17-7-3-1-4-8-17)18-9-5-2-6-10-18/h1-14,20-21,23H,15H2,(H,24,25)/t20-/m0/s1. The van der Waals surface area contributed by atoms with Gasteiger partial charge in [0.2, 0.25) is 0 Å². The Morgan fingerprint density at radius 2 is 1.31 bits per heavy atom. The number of carboxylic acid groups (broad SMARTS) is 1. The molecule has 0 bridgehead atoms. The van der Waals surface area contributed by atoms with E-state index >= 15 is 0 Å². The molecule has 0 amide bonds. The Labute approximate surface area is 152 Å². The molecule has 1 atom stereocenters. The van der Waals surface area contributed by atoms with Crippen LogP contribution in [0.25, 0.3) is 0 Å². The van der Waals surface area contributed by atoms with Gasteiger partial charge < -0.3 is 14.9 Å². The van der Waals surface area contributed by atoms with Crippen LogP contribution in [-0.4, -0.2) is 22.3 Å². The zero-order valence-electron chi connectivity index (χ0n) is 14.2. The number of aliphatic carboxylic acids is 1. The van der Waals surface area contributed by atoms with Crippen molar-refractivity contribution in [3.63, 3.8) is 0 Å². The second kappa shape index (κ2) is 8.32. The number of ether oxygens (including phenoxy) is 1. The zero-order chi connectivity index (χ0) is 18.4. The number of hydrogen-bond acceptors (Lipinski definition) is 3. The molecule has 0 aliphatic rings. The average molecular weight is 348 g/mol. The van der Waals surface area contributed by atoms with E-state index in [4.69, 9.17) is 9.84 Å². The van der Waals surface area contributed by atoms with E-state index < -0.39 is 12.1 Å². The smallest absolute Gasteiger partial charge is 0.332 e. The number of hydrogen-bond donors (Lipinski definition) is 2. The van der Waals surface area contributed by atoms with Gasteiger partial charge in [0.15, 0.2) is 6.10 Å². The van der Waals surface area contributed by atoms with Crippen molar-refractivity contribution in [1.29, 1.82) is 0 Å². The fourth-order valence-electron chi connectivity index (χ4n) is 2.73. The van der Waals surface area contributed by atoms with Gasteiger partial charge in [0.1, 0.15) is 11.9 Å². The summed E-state index contributed by atoms with van der Waals surface area (Å²) >= 11 is 0. The molecule has 0 spiro atoms. The highest BCUT2D eigenvalue weighted by atomic mass is 16.5. The fraction of sp³-hybridized carbons (Fsp3) is 0.136. The van der Waals surface area contributed by atoms with E-state index in [1.807, 2.05) is 60.7 Å². The van der Waals surface area contributed by atoms with Crippen LogP contribution in [0.2, 0.25) is 0 Å². The predicted molar refractivity (Wildman–Crippen MR) is 99.1 cm³/mol. The summed E-state index contributed by atoms with van der Waals surface area (Å²) in [6.07, 6.45) is -1.58. The number of rotatable bonds is 7. The lowest BCUT2D eigenvalue weighted by Crippen LogP contribution is -2.21. The minimum absolute atomic E-state index is 0.0659. The first-order valence-electron chi connectivity index (χ1n) is 8.40. The van der Waals surface area contributed by atoms with Crippen molar-refractivity contribution in [1.82, 2.24) is 0 Å². The molecule has 0 aromatic heterocycles. The summed E-state index contributed by atoms with van der Waals surface area (Å²) in [6, 6.07) is 27.1.